The minimum atomic E-state index is -1.88. The van der Waals surface area contributed by atoms with E-state index in [9.17, 15) is 15.0 Å². The lowest BCUT2D eigenvalue weighted by Crippen LogP contribution is -2.48. The van der Waals surface area contributed by atoms with E-state index in [1.54, 1.807) is 0 Å². The molecule has 0 fully saturated rings. The van der Waals surface area contributed by atoms with Crippen molar-refractivity contribution in [1.82, 2.24) is 0 Å². The molecule has 0 rings (SSSR count). The van der Waals surface area contributed by atoms with Gasteiger partial charge in [0.25, 0.3) is 0 Å². The van der Waals surface area contributed by atoms with Crippen molar-refractivity contribution in [2.24, 2.45) is 0 Å². The Labute approximate surface area is 86.8 Å². The summed E-state index contributed by atoms with van der Waals surface area (Å²) in [5, 5.41) is 45.0. The van der Waals surface area contributed by atoms with Gasteiger partial charge >= 0.3 is 0 Å². The third kappa shape index (κ3) is 3.95. The highest BCUT2D eigenvalue weighted by atomic mass is 16.4. The van der Waals surface area contributed by atoms with Gasteiger partial charge in [-0.15, -0.1) is 6.42 Å². The molecule has 6 nitrogen and oxygen atoms in total. The van der Waals surface area contributed by atoms with Crippen LogP contribution in [0.2, 0.25) is 0 Å². The second-order valence-corrected chi connectivity index (χ2v) is 3.02. The monoisotopic (exact) mass is 218 g/mol. The zero-order valence-electron chi connectivity index (χ0n) is 7.95. The van der Waals surface area contributed by atoms with Gasteiger partial charge < -0.3 is 25.5 Å². The Bertz CT molecular complexity index is 245. The average Bonchev–Trinajstić information content (AvgIpc) is 2.25. The number of hydrogen-bond acceptors (Lipinski definition) is 6. The minimum absolute atomic E-state index is 0.389. The van der Waals surface area contributed by atoms with Crippen LogP contribution in [0.3, 0.4) is 0 Å². The largest absolute Gasteiger partial charge is 0.394 e. The summed E-state index contributed by atoms with van der Waals surface area (Å²) < 4.78 is 0. The van der Waals surface area contributed by atoms with E-state index in [2.05, 4.69) is 0 Å². The molecule has 0 amide bonds. The van der Waals surface area contributed by atoms with E-state index in [0.717, 1.165) is 0 Å². The van der Waals surface area contributed by atoms with Crippen molar-refractivity contribution in [2.45, 2.75) is 30.8 Å². The van der Waals surface area contributed by atoms with E-state index in [1.807, 2.05) is 5.92 Å². The number of aliphatic hydroxyl groups is 5. The van der Waals surface area contributed by atoms with E-state index >= 15 is 0 Å². The number of aliphatic hydroxyl groups excluding tert-OH is 5. The molecule has 0 aromatic heterocycles. The fourth-order valence-corrected chi connectivity index (χ4v) is 0.918. The van der Waals surface area contributed by atoms with Gasteiger partial charge in [-0.05, 0) is 0 Å². The molecule has 15 heavy (non-hydrogen) atoms. The third-order valence-electron chi connectivity index (χ3n) is 1.86. The first-order chi connectivity index (χ1) is 6.95. The highest BCUT2D eigenvalue weighted by Crippen LogP contribution is 2.07. The van der Waals surface area contributed by atoms with E-state index < -0.39 is 36.8 Å². The van der Waals surface area contributed by atoms with Gasteiger partial charge in [-0.25, -0.2) is 0 Å². The molecular weight excluding hydrogens is 204 g/mol. The Hall–Kier alpha value is -0.970. The molecular formula is C9H14O6. The Morgan fingerprint density at radius 3 is 2.13 bits per heavy atom. The minimum Gasteiger partial charge on any atom is -0.394 e. The molecule has 5 N–H and O–H groups in total. The Balaban J connectivity index is 4.37. The highest BCUT2D eigenvalue weighted by Gasteiger charge is 2.33. The second kappa shape index (κ2) is 6.50. The number of Topliss-reactive ketones (excluding diaryl/α,β-unsaturated/α-hetero) is 1. The van der Waals surface area contributed by atoms with Crippen LogP contribution in [0.15, 0.2) is 0 Å². The molecule has 86 valence electrons. The molecule has 0 saturated heterocycles. The van der Waals surface area contributed by atoms with Crippen molar-refractivity contribution in [3.63, 3.8) is 0 Å². The van der Waals surface area contributed by atoms with Gasteiger partial charge in [-0.3, -0.25) is 4.79 Å². The Morgan fingerprint density at radius 1 is 1.20 bits per heavy atom. The van der Waals surface area contributed by atoms with Crippen LogP contribution < -0.4 is 0 Å². The smallest absolute Gasteiger partial charge is 0.175 e. The van der Waals surface area contributed by atoms with Crippen molar-refractivity contribution in [1.29, 1.82) is 0 Å². The maximum atomic E-state index is 11.0. The highest BCUT2D eigenvalue weighted by molar-refractivity contribution is 5.85. The maximum Gasteiger partial charge on any atom is 0.175 e. The van der Waals surface area contributed by atoms with E-state index in [-0.39, 0.29) is 6.42 Å². The lowest BCUT2D eigenvalue weighted by atomic mass is 9.99. The first-order valence-electron chi connectivity index (χ1n) is 4.25. The zero-order chi connectivity index (χ0) is 12.0. The topological polar surface area (TPSA) is 118 Å². The molecule has 4 unspecified atom stereocenters. The summed E-state index contributed by atoms with van der Waals surface area (Å²) in [7, 11) is 0. The number of ketones is 1. The summed E-state index contributed by atoms with van der Waals surface area (Å²) in [5.41, 5.74) is 0. The number of hydrogen-bond donors (Lipinski definition) is 5. The van der Waals surface area contributed by atoms with Crippen LogP contribution >= 0.6 is 0 Å². The van der Waals surface area contributed by atoms with Crippen molar-refractivity contribution in [3.8, 4) is 12.3 Å². The fraction of sp³-hybridized carbons (Fsp3) is 0.667. The van der Waals surface area contributed by atoms with Gasteiger partial charge in [0.1, 0.15) is 24.4 Å². The molecule has 0 heterocycles. The molecule has 0 aromatic rings. The lowest BCUT2D eigenvalue weighted by Gasteiger charge is -2.24. The second-order valence-electron chi connectivity index (χ2n) is 3.02. The fourth-order valence-electron chi connectivity index (χ4n) is 0.918. The van der Waals surface area contributed by atoms with Crippen LogP contribution in [-0.2, 0) is 4.79 Å². The zero-order valence-corrected chi connectivity index (χ0v) is 7.95. The molecule has 4 atom stereocenters. The van der Waals surface area contributed by atoms with Crippen LogP contribution in [0.1, 0.15) is 6.42 Å². The summed E-state index contributed by atoms with van der Waals surface area (Å²) in [6.07, 6.45) is -2.78. The first kappa shape index (κ1) is 14.0. The summed E-state index contributed by atoms with van der Waals surface area (Å²) in [4.78, 5) is 11.0. The summed E-state index contributed by atoms with van der Waals surface area (Å²) in [5.74, 6) is 1.13. The van der Waals surface area contributed by atoms with Crippen LogP contribution in [0.5, 0.6) is 0 Å². The van der Waals surface area contributed by atoms with E-state index in [4.69, 9.17) is 21.7 Å². The van der Waals surface area contributed by atoms with Crippen molar-refractivity contribution < 1.29 is 30.3 Å². The van der Waals surface area contributed by atoms with Crippen molar-refractivity contribution in [2.75, 3.05) is 6.61 Å². The predicted molar refractivity (Wildman–Crippen MR) is 49.6 cm³/mol. The van der Waals surface area contributed by atoms with Gasteiger partial charge in [-0.1, -0.05) is 5.92 Å². The molecule has 0 bridgehead atoms. The molecule has 0 aliphatic heterocycles. The SMILES string of the molecule is C#CCC(=O)C(O)C(O)C(O)C(O)CO. The summed E-state index contributed by atoms with van der Waals surface area (Å²) in [6.45, 7) is -0.797. The molecule has 0 spiro atoms. The van der Waals surface area contributed by atoms with Gasteiger partial charge in [0, 0.05) is 0 Å². The normalized spacial score (nSPS) is 18.7. The van der Waals surface area contributed by atoms with E-state index in [0.29, 0.717) is 0 Å². The average molecular weight is 218 g/mol. The van der Waals surface area contributed by atoms with E-state index in [1.165, 1.54) is 0 Å². The van der Waals surface area contributed by atoms with Crippen LogP contribution in [0.4, 0.5) is 0 Å². The maximum absolute atomic E-state index is 11.0. The van der Waals surface area contributed by atoms with Crippen molar-refractivity contribution >= 4 is 5.78 Å². The predicted octanol–water partition coefficient (Wildman–Crippen LogP) is -2.99. The van der Waals surface area contributed by atoms with Crippen LogP contribution in [-0.4, -0.2) is 62.3 Å². The number of carbonyl (C=O) groups is 1. The Morgan fingerprint density at radius 2 is 1.73 bits per heavy atom. The summed E-state index contributed by atoms with van der Waals surface area (Å²) in [6, 6.07) is 0. The lowest BCUT2D eigenvalue weighted by molar-refractivity contribution is -0.146. The van der Waals surface area contributed by atoms with Gasteiger partial charge in [0.05, 0.1) is 13.0 Å². The van der Waals surface area contributed by atoms with Crippen LogP contribution in [0.25, 0.3) is 0 Å². The Kier molecular flexibility index (Phi) is 6.08. The quantitative estimate of drug-likeness (QED) is 0.303. The summed E-state index contributed by atoms with van der Waals surface area (Å²) >= 11 is 0. The molecule has 0 aromatic carbocycles. The molecule has 0 radical (unpaired) electrons. The van der Waals surface area contributed by atoms with Gasteiger partial charge in [0.2, 0.25) is 0 Å². The number of carbonyl (C=O) groups excluding carboxylic acids is 1. The molecule has 0 aliphatic rings. The molecule has 0 aliphatic carbocycles. The van der Waals surface area contributed by atoms with Crippen molar-refractivity contribution in [3.05, 3.63) is 0 Å². The number of terminal acetylenes is 1. The van der Waals surface area contributed by atoms with Gasteiger partial charge in [-0.2, -0.15) is 0 Å². The van der Waals surface area contributed by atoms with Crippen LogP contribution in [0, 0.1) is 12.3 Å². The standard InChI is InChI=1S/C9H14O6/c1-2-3-5(11)7(13)9(15)8(14)6(12)4-10/h1,6-10,12-15H,3-4H2. The molecule has 6 heteroatoms. The molecule has 0 saturated carbocycles. The first-order valence-corrected chi connectivity index (χ1v) is 4.25. The third-order valence-corrected chi connectivity index (χ3v) is 1.86. The van der Waals surface area contributed by atoms with Gasteiger partial charge in [0.15, 0.2) is 5.78 Å². The number of rotatable bonds is 6.